The Balaban J connectivity index is 1.99. The van der Waals surface area contributed by atoms with Crippen molar-refractivity contribution >= 4 is 16.9 Å². The Morgan fingerprint density at radius 1 is 1.24 bits per heavy atom. The lowest BCUT2D eigenvalue weighted by molar-refractivity contribution is 0.0949. The first-order valence-corrected chi connectivity index (χ1v) is 7.10. The zero-order chi connectivity index (χ0) is 15.5. The molecular formula is C16H22N4O. The number of carbonyl (C=O) groups excluding carboxylic acids is 1. The van der Waals surface area contributed by atoms with Gasteiger partial charge in [-0.3, -0.25) is 14.8 Å². The highest BCUT2D eigenvalue weighted by atomic mass is 16.1. The minimum atomic E-state index is -0.132. The van der Waals surface area contributed by atoms with Crippen LogP contribution in [-0.2, 0) is 0 Å². The van der Waals surface area contributed by atoms with Crippen LogP contribution in [0.15, 0.2) is 30.6 Å². The average Bonchev–Trinajstić information content (AvgIpc) is 2.42. The maximum absolute atomic E-state index is 12.1. The van der Waals surface area contributed by atoms with Gasteiger partial charge >= 0.3 is 0 Å². The number of fused-ring (bicyclic) bond motifs is 1. The average molecular weight is 286 g/mol. The molecule has 0 saturated heterocycles. The second-order valence-electron chi connectivity index (χ2n) is 6.49. The lowest BCUT2D eigenvalue weighted by Crippen LogP contribution is -2.39. The van der Waals surface area contributed by atoms with E-state index < -0.39 is 0 Å². The maximum Gasteiger partial charge on any atom is 0.251 e. The zero-order valence-electron chi connectivity index (χ0n) is 12.8. The van der Waals surface area contributed by atoms with Crippen molar-refractivity contribution in [3.05, 3.63) is 36.2 Å². The topological polar surface area (TPSA) is 80.9 Å². The third kappa shape index (κ3) is 4.49. The van der Waals surface area contributed by atoms with Gasteiger partial charge in [0.2, 0.25) is 0 Å². The number of carbonyl (C=O) groups is 1. The highest BCUT2D eigenvalue weighted by Gasteiger charge is 2.16. The number of hydrogen-bond acceptors (Lipinski definition) is 4. The Hall–Kier alpha value is -2.01. The summed E-state index contributed by atoms with van der Waals surface area (Å²) in [6.45, 7) is 6.87. The Morgan fingerprint density at radius 3 is 2.57 bits per heavy atom. The molecule has 1 unspecified atom stereocenters. The van der Waals surface area contributed by atoms with E-state index in [2.05, 4.69) is 36.1 Å². The maximum atomic E-state index is 12.1. The monoisotopic (exact) mass is 286 g/mol. The molecule has 2 aromatic rings. The minimum absolute atomic E-state index is 0.0470. The van der Waals surface area contributed by atoms with Gasteiger partial charge in [0, 0.05) is 30.5 Å². The van der Waals surface area contributed by atoms with Crippen LogP contribution in [0.1, 0.15) is 37.6 Å². The second kappa shape index (κ2) is 6.18. The van der Waals surface area contributed by atoms with Crippen molar-refractivity contribution in [2.24, 2.45) is 11.1 Å². The summed E-state index contributed by atoms with van der Waals surface area (Å²) in [6.07, 6.45) is 4.10. The van der Waals surface area contributed by atoms with Crippen LogP contribution < -0.4 is 11.1 Å². The largest absolute Gasteiger partial charge is 0.350 e. The van der Waals surface area contributed by atoms with E-state index in [0.29, 0.717) is 17.6 Å². The van der Waals surface area contributed by atoms with Crippen molar-refractivity contribution in [2.45, 2.75) is 33.2 Å². The van der Waals surface area contributed by atoms with Crippen LogP contribution in [0.3, 0.4) is 0 Å². The number of rotatable bonds is 4. The Kier molecular flexibility index (Phi) is 4.53. The Labute approximate surface area is 125 Å². The van der Waals surface area contributed by atoms with E-state index in [1.807, 2.05) is 0 Å². The van der Waals surface area contributed by atoms with Crippen LogP contribution in [0.25, 0.3) is 11.0 Å². The number of hydrogen-bond donors (Lipinski definition) is 2. The van der Waals surface area contributed by atoms with Gasteiger partial charge in [-0.15, -0.1) is 0 Å². The molecule has 1 aromatic heterocycles. The van der Waals surface area contributed by atoms with Crippen molar-refractivity contribution in [1.29, 1.82) is 0 Å². The van der Waals surface area contributed by atoms with Crippen molar-refractivity contribution in [2.75, 3.05) is 6.54 Å². The highest BCUT2D eigenvalue weighted by Crippen LogP contribution is 2.19. The van der Waals surface area contributed by atoms with E-state index in [9.17, 15) is 4.79 Å². The summed E-state index contributed by atoms with van der Waals surface area (Å²) >= 11 is 0. The Morgan fingerprint density at radius 2 is 1.90 bits per heavy atom. The number of benzene rings is 1. The van der Waals surface area contributed by atoms with E-state index in [-0.39, 0.29) is 17.4 Å². The molecule has 1 aromatic carbocycles. The van der Waals surface area contributed by atoms with Crippen LogP contribution in [-0.4, -0.2) is 28.5 Å². The van der Waals surface area contributed by atoms with Crippen LogP contribution in [0.2, 0.25) is 0 Å². The van der Waals surface area contributed by atoms with Crippen LogP contribution >= 0.6 is 0 Å². The summed E-state index contributed by atoms with van der Waals surface area (Å²) < 4.78 is 0. The summed E-state index contributed by atoms with van der Waals surface area (Å²) in [5.41, 5.74) is 8.26. The molecule has 0 bridgehead atoms. The second-order valence-corrected chi connectivity index (χ2v) is 6.49. The molecular weight excluding hydrogens is 264 g/mol. The number of amides is 1. The van der Waals surface area contributed by atoms with E-state index in [0.717, 1.165) is 11.9 Å². The quantitative estimate of drug-likeness (QED) is 0.902. The van der Waals surface area contributed by atoms with Gasteiger partial charge in [0.05, 0.1) is 11.0 Å². The first-order valence-electron chi connectivity index (χ1n) is 7.10. The van der Waals surface area contributed by atoms with Crippen LogP contribution in [0, 0.1) is 5.41 Å². The molecule has 0 saturated carbocycles. The minimum Gasteiger partial charge on any atom is -0.350 e. The van der Waals surface area contributed by atoms with E-state index in [1.165, 1.54) is 0 Å². The fourth-order valence-electron chi connectivity index (χ4n) is 2.29. The molecule has 0 spiro atoms. The molecule has 3 N–H and O–H groups in total. The van der Waals surface area contributed by atoms with Crippen molar-refractivity contribution < 1.29 is 4.79 Å². The first-order chi connectivity index (χ1) is 9.85. The molecule has 2 rings (SSSR count). The highest BCUT2D eigenvalue weighted by molar-refractivity contribution is 5.97. The molecule has 1 atom stereocenters. The molecule has 5 heteroatoms. The van der Waals surface area contributed by atoms with Crippen LogP contribution in [0.5, 0.6) is 0 Å². The third-order valence-electron chi connectivity index (χ3n) is 3.13. The summed E-state index contributed by atoms with van der Waals surface area (Å²) in [4.78, 5) is 20.5. The molecule has 0 aliphatic carbocycles. The van der Waals surface area contributed by atoms with Gasteiger partial charge in [0.25, 0.3) is 5.91 Å². The molecule has 0 aliphatic rings. The fourth-order valence-corrected chi connectivity index (χ4v) is 2.29. The number of nitrogens with one attached hydrogen (secondary N) is 1. The summed E-state index contributed by atoms with van der Waals surface area (Å²) in [5.74, 6) is -0.132. The predicted octanol–water partition coefficient (Wildman–Crippen LogP) is 2.12. The van der Waals surface area contributed by atoms with Crippen LogP contribution in [0.4, 0.5) is 0 Å². The molecule has 1 heterocycles. The smallest absolute Gasteiger partial charge is 0.251 e. The summed E-state index contributed by atoms with van der Waals surface area (Å²) in [6, 6.07) is 5.25. The number of aromatic nitrogens is 2. The Bertz CT molecular complexity index is 633. The fraction of sp³-hybridized carbons (Fsp3) is 0.438. The SMILES string of the molecule is CC(C)(C)CC(N)CNC(=O)c1ccc2nccnc2c1. The van der Waals surface area contributed by atoms with Gasteiger partial charge in [-0.1, -0.05) is 20.8 Å². The molecule has 1 amide bonds. The molecule has 112 valence electrons. The number of nitrogens with two attached hydrogens (primary N) is 1. The first kappa shape index (κ1) is 15.4. The van der Waals surface area contributed by atoms with Gasteiger partial charge < -0.3 is 11.1 Å². The standard InChI is InChI=1S/C16H22N4O/c1-16(2,3)9-12(17)10-20-15(21)11-4-5-13-14(8-11)19-7-6-18-13/h4-8,12H,9-10,17H2,1-3H3,(H,20,21). The third-order valence-corrected chi connectivity index (χ3v) is 3.13. The van der Waals surface area contributed by atoms with Gasteiger partial charge in [-0.2, -0.15) is 0 Å². The molecule has 5 nitrogen and oxygen atoms in total. The van der Waals surface area contributed by atoms with Gasteiger partial charge in [0.1, 0.15) is 0 Å². The molecule has 0 radical (unpaired) electrons. The molecule has 0 fully saturated rings. The zero-order valence-corrected chi connectivity index (χ0v) is 12.8. The molecule has 21 heavy (non-hydrogen) atoms. The molecule has 0 aliphatic heterocycles. The van der Waals surface area contributed by atoms with Gasteiger partial charge in [-0.05, 0) is 30.0 Å². The van der Waals surface area contributed by atoms with E-state index >= 15 is 0 Å². The van der Waals surface area contributed by atoms with Gasteiger partial charge in [0.15, 0.2) is 0 Å². The normalized spacial score (nSPS) is 13.1. The van der Waals surface area contributed by atoms with Crippen molar-refractivity contribution in [1.82, 2.24) is 15.3 Å². The lowest BCUT2D eigenvalue weighted by atomic mass is 9.88. The van der Waals surface area contributed by atoms with E-state index in [4.69, 9.17) is 5.73 Å². The lowest BCUT2D eigenvalue weighted by Gasteiger charge is -2.23. The summed E-state index contributed by atoms with van der Waals surface area (Å²) in [7, 11) is 0. The van der Waals surface area contributed by atoms with E-state index in [1.54, 1.807) is 30.6 Å². The van der Waals surface area contributed by atoms with Crippen molar-refractivity contribution in [3.8, 4) is 0 Å². The number of nitrogens with zero attached hydrogens (tertiary/aromatic N) is 2. The van der Waals surface area contributed by atoms with Gasteiger partial charge in [-0.25, -0.2) is 0 Å². The predicted molar refractivity (Wildman–Crippen MR) is 83.9 cm³/mol. The van der Waals surface area contributed by atoms with Crippen molar-refractivity contribution in [3.63, 3.8) is 0 Å². The summed E-state index contributed by atoms with van der Waals surface area (Å²) in [5, 5.41) is 2.87.